The minimum absolute atomic E-state index is 0.131. The number of rotatable bonds is 8. The summed E-state index contributed by atoms with van der Waals surface area (Å²) in [6.45, 7) is 4.51. The van der Waals surface area contributed by atoms with Gasteiger partial charge in [-0.1, -0.05) is 24.6 Å². The van der Waals surface area contributed by atoms with Crippen LogP contribution in [-0.2, 0) is 16.6 Å². The standard InChI is InChI=1S/C13H22ClN3O2S/c1-4-17(3)8-7-16-20(18,19)13-9-11(10-15-2)5-6-12(13)14/h5-6,9,15-16H,4,7-8,10H2,1-3H3. The lowest BCUT2D eigenvalue weighted by molar-refractivity contribution is 0.358. The van der Waals surface area contributed by atoms with Crippen LogP contribution in [-0.4, -0.2) is 47.0 Å². The summed E-state index contributed by atoms with van der Waals surface area (Å²) in [7, 11) is 0.174. The van der Waals surface area contributed by atoms with Crippen molar-refractivity contribution in [3.8, 4) is 0 Å². The number of likely N-dealkylation sites (N-methyl/N-ethyl adjacent to an activating group) is 1. The highest BCUT2D eigenvalue weighted by Crippen LogP contribution is 2.22. The predicted octanol–water partition coefficient (Wildman–Crippen LogP) is 1.29. The van der Waals surface area contributed by atoms with Crippen LogP contribution in [0.25, 0.3) is 0 Å². The minimum atomic E-state index is -3.57. The van der Waals surface area contributed by atoms with Crippen molar-refractivity contribution in [2.45, 2.75) is 18.4 Å². The van der Waals surface area contributed by atoms with Gasteiger partial charge in [0.1, 0.15) is 4.90 Å². The second kappa shape index (κ2) is 7.95. The van der Waals surface area contributed by atoms with Gasteiger partial charge in [-0.3, -0.25) is 0 Å². The maximum absolute atomic E-state index is 12.2. The van der Waals surface area contributed by atoms with Crippen LogP contribution in [0.5, 0.6) is 0 Å². The van der Waals surface area contributed by atoms with Crippen LogP contribution in [0.4, 0.5) is 0 Å². The number of hydrogen-bond donors (Lipinski definition) is 2. The van der Waals surface area contributed by atoms with Crippen molar-refractivity contribution >= 4 is 21.6 Å². The molecule has 0 saturated heterocycles. The van der Waals surface area contributed by atoms with Crippen molar-refractivity contribution in [2.24, 2.45) is 0 Å². The molecular formula is C13H22ClN3O2S. The molecule has 0 aromatic heterocycles. The van der Waals surface area contributed by atoms with Gasteiger partial charge >= 0.3 is 0 Å². The van der Waals surface area contributed by atoms with Crippen LogP contribution < -0.4 is 10.0 Å². The molecule has 0 amide bonds. The first-order chi connectivity index (χ1) is 9.40. The van der Waals surface area contributed by atoms with Gasteiger partial charge < -0.3 is 10.2 Å². The van der Waals surface area contributed by atoms with E-state index in [1.54, 1.807) is 12.1 Å². The normalized spacial score (nSPS) is 12.1. The largest absolute Gasteiger partial charge is 0.316 e. The molecule has 1 rings (SSSR count). The van der Waals surface area contributed by atoms with Crippen LogP contribution in [0.15, 0.2) is 23.1 Å². The number of hydrogen-bond acceptors (Lipinski definition) is 4. The van der Waals surface area contributed by atoms with Crippen molar-refractivity contribution in [3.63, 3.8) is 0 Å². The Morgan fingerprint density at radius 1 is 1.35 bits per heavy atom. The van der Waals surface area contributed by atoms with Crippen LogP contribution in [0.1, 0.15) is 12.5 Å². The second-order valence-corrected chi connectivity index (χ2v) is 6.73. The zero-order valence-electron chi connectivity index (χ0n) is 12.1. The molecular weight excluding hydrogens is 298 g/mol. The fourth-order valence-electron chi connectivity index (χ4n) is 1.67. The zero-order valence-corrected chi connectivity index (χ0v) is 13.7. The summed E-state index contributed by atoms with van der Waals surface area (Å²) in [5, 5.41) is 3.22. The SMILES string of the molecule is CCN(C)CCNS(=O)(=O)c1cc(CNC)ccc1Cl. The molecule has 1 aromatic carbocycles. The first kappa shape index (κ1) is 17.4. The molecule has 0 atom stereocenters. The van der Waals surface area contributed by atoms with E-state index in [0.717, 1.165) is 12.1 Å². The van der Waals surface area contributed by atoms with Crippen molar-refractivity contribution in [3.05, 3.63) is 28.8 Å². The van der Waals surface area contributed by atoms with Gasteiger partial charge in [0, 0.05) is 19.6 Å². The number of nitrogens with one attached hydrogen (secondary N) is 2. The van der Waals surface area contributed by atoms with Gasteiger partial charge in [-0.05, 0) is 38.3 Å². The average Bonchev–Trinajstić information content (AvgIpc) is 2.40. The number of sulfonamides is 1. The Morgan fingerprint density at radius 2 is 2.05 bits per heavy atom. The molecule has 0 aliphatic carbocycles. The van der Waals surface area contributed by atoms with Gasteiger partial charge in [0.25, 0.3) is 0 Å². The van der Waals surface area contributed by atoms with Gasteiger partial charge in [0.2, 0.25) is 10.0 Å². The second-order valence-electron chi connectivity index (χ2n) is 4.59. The van der Waals surface area contributed by atoms with E-state index in [4.69, 9.17) is 11.6 Å². The third kappa shape index (κ3) is 5.03. The van der Waals surface area contributed by atoms with Gasteiger partial charge in [-0.15, -0.1) is 0 Å². The molecule has 7 heteroatoms. The van der Waals surface area contributed by atoms with Crippen LogP contribution >= 0.6 is 11.6 Å². The maximum atomic E-state index is 12.2. The highest BCUT2D eigenvalue weighted by atomic mass is 35.5. The van der Waals surface area contributed by atoms with Crippen molar-refractivity contribution in [2.75, 3.05) is 33.7 Å². The van der Waals surface area contributed by atoms with Gasteiger partial charge in [0.05, 0.1) is 5.02 Å². The molecule has 0 radical (unpaired) electrons. The van der Waals surface area contributed by atoms with E-state index in [-0.39, 0.29) is 9.92 Å². The minimum Gasteiger partial charge on any atom is -0.316 e. The van der Waals surface area contributed by atoms with E-state index in [1.807, 2.05) is 32.0 Å². The third-order valence-corrected chi connectivity index (χ3v) is 4.93. The Balaban J connectivity index is 2.83. The summed E-state index contributed by atoms with van der Waals surface area (Å²) in [5.74, 6) is 0. The Bertz CT molecular complexity index is 534. The lowest BCUT2D eigenvalue weighted by atomic mass is 10.2. The van der Waals surface area contributed by atoms with E-state index < -0.39 is 10.0 Å². The predicted molar refractivity (Wildman–Crippen MR) is 82.6 cm³/mol. The summed E-state index contributed by atoms with van der Waals surface area (Å²) in [6, 6.07) is 5.02. The first-order valence-electron chi connectivity index (χ1n) is 6.52. The highest BCUT2D eigenvalue weighted by Gasteiger charge is 2.18. The topological polar surface area (TPSA) is 61.4 Å². The summed E-state index contributed by atoms with van der Waals surface area (Å²) in [5.41, 5.74) is 0.878. The lowest BCUT2D eigenvalue weighted by Crippen LogP contribution is -2.33. The average molecular weight is 320 g/mol. The molecule has 0 aliphatic rings. The summed E-state index contributed by atoms with van der Waals surface area (Å²) < 4.78 is 27.1. The Labute approximate surface area is 126 Å². The quantitative estimate of drug-likeness (QED) is 0.758. The Hall–Kier alpha value is -0.660. The first-order valence-corrected chi connectivity index (χ1v) is 8.38. The van der Waals surface area contributed by atoms with E-state index in [9.17, 15) is 8.42 Å². The van der Waals surface area contributed by atoms with E-state index in [0.29, 0.717) is 19.6 Å². The molecule has 2 N–H and O–H groups in total. The molecule has 0 aliphatic heterocycles. The van der Waals surface area contributed by atoms with Gasteiger partial charge in [-0.2, -0.15) is 0 Å². The molecule has 114 valence electrons. The Morgan fingerprint density at radius 3 is 2.65 bits per heavy atom. The maximum Gasteiger partial charge on any atom is 0.242 e. The molecule has 0 fully saturated rings. The summed E-state index contributed by atoms with van der Waals surface area (Å²) >= 11 is 6.00. The van der Waals surface area contributed by atoms with E-state index in [2.05, 4.69) is 10.0 Å². The van der Waals surface area contributed by atoms with Crippen LogP contribution in [0.3, 0.4) is 0 Å². The smallest absolute Gasteiger partial charge is 0.242 e. The van der Waals surface area contributed by atoms with E-state index in [1.165, 1.54) is 0 Å². The van der Waals surface area contributed by atoms with Gasteiger partial charge in [-0.25, -0.2) is 13.1 Å². The number of halogens is 1. The highest BCUT2D eigenvalue weighted by molar-refractivity contribution is 7.89. The van der Waals surface area contributed by atoms with Crippen molar-refractivity contribution < 1.29 is 8.42 Å². The zero-order chi connectivity index (χ0) is 15.2. The van der Waals surface area contributed by atoms with Crippen LogP contribution in [0, 0.1) is 0 Å². The molecule has 0 unspecified atom stereocenters. The molecule has 0 saturated carbocycles. The number of benzene rings is 1. The fraction of sp³-hybridized carbons (Fsp3) is 0.538. The van der Waals surface area contributed by atoms with Crippen LogP contribution in [0.2, 0.25) is 5.02 Å². The van der Waals surface area contributed by atoms with E-state index >= 15 is 0 Å². The Kier molecular flexibility index (Phi) is 6.91. The fourth-order valence-corrected chi connectivity index (χ4v) is 3.24. The lowest BCUT2D eigenvalue weighted by Gasteiger charge is -2.15. The third-order valence-electron chi connectivity index (χ3n) is 2.99. The molecule has 1 aromatic rings. The monoisotopic (exact) mass is 319 g/mol. The molecule has 20 heavy (non-hydrogen) atoms. The molecule has 0 bridgehead atoms. The van der Waals surface area contributed by atoms with Crippen molar-refractivity contribution in [1.29, 1.82) is 0 Å². The molecule has 5 nitrogen and oxygen atoms in total. The summed E-state index contributed by atoms with van der Waals surface area (Å²) in [6.07, 6.45) is 0. The van der Waals surface area contributed by atoms with Crippen molar-refractivity contribution in [1.82, 2.24) is 14.9 Å². The molecule has 0 spiro atoms. The molecule has 0 heterocycles. The number of nitrogens with zero attached hydrogens (tertiary/aromatic N) is 1. The summed E-state index contributed by atoms with van der Waals surface area (Å²) in [4.78, 5) is 2.16. The van der Waals surface area contributed by atoms with Gasteiger partial charge in [0.15, 0.2) is 0 Å².